The summed E-state index contributed by atoms with van der Waals surface area (Å²) in [7, 11) is 0. The first-order chi connectivity index (χ1) is 12.3. The molecule has 1 aliphatic carbocycles. The summed E-state index contributed by atoms with van der Waals surface area (Å²) in [6.07, 6.45) is 2.73. The summed E-state index contributed by atoms with van der Waals surface area (Å²) in [5.74, 6) is 0.166. The Kier molecular flexibility index (Phi) is 6.00. The Balaban J connectivity index is 1.59. The van der Waals surface area contributed by atoms with Crippen LogP contribution in [0.5, 0.6) is 5.75 Å². The van der Waals surface area contributed by atoms with Crippen molar-refractivity contribution < 1.29 is 22.7 Å². The second-order valence-corrected chi connectivity index (χ2v) is 7.58. The number of amides is 1. The SMILES string of the molecule is O=C1C(Cc2ccc(OCC(F)(F)F)cc2Cl)CCN1C1CCCCC1. The summed E-state index contributed by atoms with van der Waals surface area (Å²) < 4.78 is 41.4. The largest absolute Gasteiger partial charge is 0.484 e. The van der Waals surface area contributed by atoms with Crippen LogP contribution in [-0.4, -0.2) is 36.2 Å². The molecule has 1 heterocycles. The maximum absolute atomic E-state index is 12.7. The normalized spacial score (nSPS) is 22.1. The molecule has 0 aromatic heterocycles. The standard InChI is InChI=1S/C19H23ClF3NO2/c20-17-11-16(26-12-19(21,22)23)7-6-13(17)10-14-8-9-24(18(14)25)15-4-2-1-3-5-15/h6-7,11,14-15H,1-5,8-10,12H2. The molecule has 0 bridgehead atoms. The highest BCUT2D eigenvalue weighted by Gasteiger charge is 2.36. The summed E-state index contributed by atoms with van der Waals surface area (Å²) in [5.41, 5.74) is 0.773. The fourth-order valence-electron chi connectivity index (χ4n) is 3.92. The van der Waals surface area contributed by atoms with Gasteiger partial charge in [-0.1, -0.05) is 36.9 Å². The summed E-state index contributed by atoms with van der Waals surface area (Å²) in [4.78, 5) is 14.8. The van der Waals surface area contributed by atoms with Crippen molar-refractivity contribution in [3.63, 3.8) is 0 Å². The van der Waals surface area contributed by atoms with Crippen molar-refractivity contribution >= 4 is 17.5 Å². The molecule has 26 heavy (non-hydrogen) atoms. The van der Waals surface area contributed by atoms with E-state index in [0.717, 1.165) is 31.4 Å². The molecule has 3 nitrogen and oxygen atoms in total. The van der Waals surface area contributed by atoms with Crippen LogP contribution in [0, 0.1) is 5.92 Å². The van der Waals surface area contributed by atoms with Crippen LogP contribution in [0.3, 0.4) is 0 Å². The minimum atomic E-state index is -4.38. The number of carbonyl (C=O) groups excluding carboxylic acids is 1. The third kappa shape index (κ3) is 4.84. The van der Waals surface area contributed by atoms with E-state index < -0.39 is 12.8 Å². The van der Waals surface area contributed by atoms with Crippen LogP contribution in [0.2, 0.25) is 5.02 Å². The first-order valence-electron chi connectivity index (χ1n) is 9.12. The van der Waals surface area contributed by atoms with Gasteiger partial charge in [0.15, 0.2) is 6.61 Å². The number of likely N-dealkylation sites (tertiary alicyclic amines) is 1. The van der Waals surface area contributed by atoms with Crippen molar-refractivity contribution in [1.82, 2.24) is 4.90 Å². The van der Waals surface area contributed by atoms with Crippen LogP contribution < -0.4 is 4.74 Å². The molecular formula is C19H23ClF3NO2. The Morgan fingerprint density at radius 3 is 2.54 bits per heavy atom. The van der Waals surface area contributed by atoms with E-state index >= 15 is 0 Å². The smallest absolute Gasteiger partial charge is 0.422 e. The first kappa shape index (κ1) is 19.3. The summed E-state index contributed by atoms with van der Waals surface area (Å²) in [5, 5.41) is 0.341. The van der Waals surface area contributed by atoms with Crippen LogP contribution in [0.4, 0.5) is 13.2 Å². The number of rotatable bonds is 5. The third-order valence-electron chi connectivity index (χ3n) is 5.26. The van der Waals surface area contributed by atoms with Gasteiger partial charge in [-0.25, -0.2) is 0 Å². The molecular weight excluding hydrogens is 367 g/mol. The van der Waals surface area contributed by atoms with Crippen LogP contribution in [0.25, 0.3) is 0 Å². The zero-order chi connectivity index (χ0) is 18.7. The average Bonchev–Trinajstić information content (AvgIpc) is 2.96. The number of alkyl halides is 3. The molecule has 1 atom stereocenters. The molecule has 144 valence electrons. The average molecular weight is 390 g/mol. The van der Waals surface area contributed by atoms with Crippen LogP contribution in [0.1, 0.15) is 44.1 Å². The minimum Gasteiger partial charge on any atom is -0.484 e. The molecule has 1 saturated heterocycles. The molecule has 1 amide bonds. The Hall–Kier alpha value is -1.43. The molecule has 1 saturated carbocycles. The van der Waals surface area contributed by atoms with E-state index in [-0.39, 0.29) is 17.6 Å². The van der Waals surface area contributed by atoms with E-state index in [1.54, 1.807) is 6.07 Å². The highest BCUT2D eigenvalue weighted by molar-refractivity contribution is 6.31. The van der Waals surface area contributed by atoms with Gasteiger partial charge in [-0.2, -0.15) is 13.2 Å². The molecule has 1 aromatic rings. The second kappa shape index (κ2) is 8.07. The molecule has 2 aliphatic rings. The van der Waals surface area contributed by atoms with Crippen LogP contribution >= 0.6 is 11.6 Å². The Morgan fingerprint density at radius 1 is 1.15 bits per heavy atom. The predicted molar refractivity (Wildman–Crippen MR) is 93.4 cm³/mol. The minimum absolute atomic E-state index is 0.0812. The Labute approximate surface area is 156 Å². The number of hydrogen-bond donors (Lipinski definition) is 0. The van der Waals surface area contributed by atoms with Crippen LogP contribution in [0.15, 0.2) is 18.2 Å². The van der Waals surface area contributed by atoms with Gasteiger partial charge in [-0.15, -0.1) is 0 Å². The van der Waals surface area contributed by atoms with Gasteiger partial charge >= 0.3 is 6.18 Å². The van der Waals surface area contributed by atoms with Gasteiger partial charge in [0.2, 0.25) is 5.91 Å². The number of hydrogen-bond acceptors (Lipinski definition) is 2. The topological polar surface area (TPSA) is 29.5 Å². The summed E-state index contributed by atoms with van der Waals surface area (Å²) in [6.45, 7) is -0.557. The van der Waals surface area contributed by atoms with E-state index in [1.165, 1.54) is 31.4 Å². The molecule has 1 aliphatic heterocycles. The van der Waals surface area contributed by atoms with Gasteiger partial charge < -0.3 is 9.64 Å². The maximum Gasteiger partial charge on any atom is 0.422 e. The molecule has 1 aromatic carbocycles. The third-order valence-corrected chi connectivity index (χ3v) is 5.61. The van der Waals surface area contributed by atoms with E-state index in [9.17, 15) is 18.0 Å². The van der Waals surface area contributed by atoms with Crippen molar-refractivity contribution in [2.45, 2.75) is 57.2 Å². The van der Waals surface area contributed by atoms with Crippen molar-refractivity contribution in [3.8, 4) is 5.75 Å². The molecule has 3 rings (SSSR count). The molecule has 7 heteroatoms. The molecule has 2 fully saturated rings. The van der Waals surface area contributed by atoms with Gasteiger partial charge in [-0.3, -0.25) is 4.79 Å². The Bertz CT molecular complexity index is 644. The van der Waals surface area contributed by atoms with Crippen LogP contribution in [-0.2, 0) is 11.2 Å². The van der Waals surface area contributed by atoms with Gasteiger partial charge in [0.1, 0.15) is 5.75 Å². The van der Waals surface area contributed by atoms with Gasteiger partial charge in [0, 0.05) is 23.5 Å². The zero-order valence-corrected chi connectivity index (χ0v) is 15.3. The van der Waals surface area contributed by atoms with Gasteiger partial charge in [-0.05, 0) is 43.4 Å². The number of carbonyl (C=O) groups is 1. The Morgan fingerprint density at radius 2 is 1.88 bits per heavy atom. The molecule has 0 spiro atoms. The number of benzene rings is 1. The highest BCUT2D eigenvalue weighted by Crippen LogP contribution is 2.32. The quantitative estimate of drug-likeness (QED) is 0.708. The zero-order valence-electron chi connectivity index (χ0n) is 14.5. The lowest BCUT2D eigenvalue weighted by Crippen LogP contribution is -2.39. The molecule has 0 N–H and O–H groups in total. The number of halogens is 4. The lowest BCUT2D eigenvalue weighted by molar-refractivity contribution is -0.153. The first-order valence-corrected chi connectivity index (χ1v) is 9.50. The summed E-state index contributed by atoms with van der Waals surface area (Å²) >= 11 is 6.20. The van der Waals surface area contributed by atoms with E-state index in [2.05, 4.69) is 0 Å². The molecule has 1 unspecified atom stereocenters. The fraction of sp³-hybridized carbons (Fsp3) is 0.632. The lowest BCUT2D eigenvalue weighted by atomic mass is 9.94. The van der Waals surface area contributed by atoms with Crippen molar-refractivity contribution in [2.24, 2.45) is 5.92 Å². The second-order valence-electron chi connectivity index (χ2n) is 7.17. The monoisotopic (exact) mass is 389 g/mol. The molecule has 0 radical (unpaired) electrons. The van der Waals surface area contributed by atoms with Crippen molar-refractivity contribution in [3.05, 3.63) is 28.8 Å². The van der Waals surface area contributed by atoms with Crippen molar-refractivity contribution in [1.29, 1.82) is 0 Å². The fourth-order valence-corrected chi connectivity index (χ4v) is 4.17. The number of ether oxygens (including phenoxy) is 1. The van der Waals surface area contributed by atoms with E-state index in [1.807, 2.05) is 4.90 Å². The van der Waals surface area contributed by atoms with Gasteiger partial charge in [0.05, 0.1) is 0 Å². The lowest BCUT2D eigenvalue weighted by Gasteiger charge is -2.31. The van der Waals surface area contributed by atoms with E-state index in [4.69, 9.17) is 16.3 Å². The van der Waals surface area contributed by atoms with Gasteiger partial charge in [0.25, 0.3) is 0 Å². The number of nitrogens with zero attached hydrogens (tertiary/aromatic N) is 1. The highest BCUT2D eigenvalue weighted by atomic mass is 35.5. The predicted octanol–water partition coefficient (Wildman–Crippen LogP) is 5.00. The van der Waals surface area contributed by atoms with E-state index in [0.29, 0.717) is 17.5 Å². The summed E-state index contributed by atoms with van der Waals surface area (Å²) in [6, 6.07) is 4.89. The van der Waals surface area contributed by atoms with Crippen molar-refractivity contribution in [2.75, 3.05) is 13.2 Å². The maximum atomic E-state index is 12.7.